The Balaban J connectivity index is 2.25. The molecule has 0 amide bonds. The molecule has 3 heterocycles. The Morgan fingerprint density at radius 2 is 1.39 bits per heavy atom. The molecule has 0 atom stereocenters. The lowest BCUT2D eigenvalue weighted by molar-refractivity contribution is 0.435. The normalized spacial score (nSPS) is 11.6. The van der Waals surface area contributed by atoms with Crippen molar-refractivity contribution in [2.75, 3.05) is 0 Å². The summed E-state index contributed by atoms with van der Waals surface area (Å²) < 4.78 is 32.6. The Kier molecular flexibility index (Phi) is 2.56. The van der Waals surface area contributed by atoms with Gasteiger partial charge in [-0.2, -0.15) is 0 Å². The summed E-state index contributed by atoms with van der Waals surface area (Å²) in [5.74, 6) is 0.257. The highest BCUT2D eigenvalue weighted by atomic mass is 32.2. The first-order valence-corrected chi connectivity index (χ1v) is 6.68. The van der Waals surface area contributed by atoms with Gasteiger partial charge in [-0.25, -0.2) is 4.21 Å². The predicted molar refractivity (Wildman–Crippen MR) is 62.9 cm³/mol. The average Bonchev–Trinajstić information content (AvgIpc) is 3.13. The number of rotatable bonds is 3. The molecule has 0 fully saturated rings. The molecule has 0 bridgehead atoms. The summed E-state index contributed by atoms with van der Waals surface area (Å²) in [6, 6.07) is 9.77. The summed E-state index contributed by atoms with van der Waals surface area (Å²) in [5, 5.41) is 0.461. The molecular weight excluding hydrogens is 254 g/mol. The lowest BCUT2D eigenvalue weighted by atomic mass is 10.6. The van der Waals surface area contributed by atoms with Crippen molar-refractivity contribution >= 4 is 15.6 Å². The summed E-state index contributed by atoms with van der Waals surface area (Å²) >= 11 is 0. The Bertz CT molecular complexity index is 677. The van der Waals surface area contributed by atoms with Crippen LogP contribution in [0.1, 0.15) is 0 Å². The second kappa shape index (κ2) is 4.23. The molecule has 3 aromatic heterocycles. The van der Waals surface area contributed by atoms with Gasteiger partial charge < -0.3 is 13.3 Å². The van der Waals surface area contributed by atoms with E-state index in [0.717, 1.165) is 0 Å². The smallest absolute Gasteiger partial charge is 0.227 e. The maximum absolute atomic E-state index is 13.0. The Morgan fingerprint density at radius 3 is 1.83 bits per heavy atom. The number of furan rings is 3. The second-order valence-corrected chi connectivity index (χ2v) is 5.47. The van der Waals surface area contributed by atoms with E-state index in [1.165, 1.54) is 18.8 Å². The second-order valence-electron chi connectivity index (χ2n) is 3.43. The predicted octanol–water partition coefficient (Wildman–Crippen LogP) is 3.68. The third kappa shape index (κ3) is 1.76. The molecule has 5 nitrogen and oxygen atoms in total. The van der Waals surface area contributed by atoms with E-state index < -0.39 is 9.73 Å². The van der Waals surface area contributed by atoms with E-state index in [9.17, 15) is 4.21 Å². The molecule has 18 heavy (non-hydrogen) atoms. The van der Waals surface area contributed by atoms with Gasteiger partial charge in [0, 0.05) is 6.07 Å². The highest BCUT2D eigenvalue weighted by molar-refractivity contribution is 7.93. The minimum Gasteiger partial charge on any atom is -0.454 e. The molecule has 0 N–H and O–H groups in total. The third-order valence-corrected chi connectivity index (χ3v) is 4.25. The molecule has 3 rings (SSSR count). The van der Waals surface area contributed by atoms with Crippen LogP contribution in [0.15, 0.2) is 83.0 Å². The van der Waals surface area contributed by atoms with Gasteiger partial charge in [-0.15, -0.1) is 4.36 Å². The Hall–Kier alpha value is -2.21. The van der Waals surface area contributed by atoms with E-state index in [-0.39, 0.29) is 16.1 Å². The Morgan fingerprint density at radius 1 is 0.833 bits per heavy atom. The quantitative estimate of drug-likeness (QED) is 0.722. The highest BCUT2D eigenvalue weighted by Gasteiger charge is 2.22. The fourth-order valence-electron chi connectivity index (χ4n) is 1.48. The van der Waals surface area contributed by atoms with Gasteiger partial charge in [0.05, 0.1) is 18.8 Å². The van der Waals surface area contributed by atoms with Crippen LogP contribution in [0.4, 0.5) is 5.88 Å². The monoisotopic (exact) mass is 263 g/mol. The van der Waals surface area contributed by atoms with Crippen LogP contribution in [0.5, 0.6) is 0 Å². The van der Waals surface area contributed by atoms with Crippen molar-refractivity contribution in [2.24, 2.45) is 4.36 Å². The molecule has 0 saturated carbocycles. The summed E-state index contributed by atoms with van der Waals surface area (Å²) in [5.41, 5.74) is 0. The standard InChI is InChI=1S/C12H9NO4S/c14-18(11-5-2-8-16-11,12-6-3-9-17-12)13-10-4-1-7-15-10/h1-9H. The SMILES string of the molecule is O=S(=Nc1ccco1)(c1ccco1)c1ccco1. The lowest BCUT2D eigenvalue weighted by Crippen LogP contribution is -1.98. The van der Waals surface area contributed by atoms with Crippen LogP contribution in [0.2, 0.25) is 0 Å². The van der Waals surface area contributed by atoms with E-state index in [2.05, 4.69) is 4.36 Å². The first-order valence-electron chi connectivity index (χ1n) is 5.17. The van der Waals surface area contributed by atoms with Crippen molar-refractivity contribution in [1.82, 2.24) is 0 Å². The minimum absolute atomic E-state index is 0.230. The summed E-state index contributed by atoms with van der Waals surface area (Å²) in [7, 11) is -2.98. The van der Waals surface area contributed by atoms with Gasteiger partial charge in [0.15, 0.2) is 9.73 Å². The van der Waals surface area contributed by atoms with E-state index in [1.807, 2.05) is 0 Å². The molecule has 0 aliphatic heterocycles. The van der Waals surface area contributed by atoms with Crippen LogP contribution in [0.3, 0.4) is 0 Å². The first-order chi connectivity index (χ1) is 8.79. The van der Waals surface area contributed by atoms with Crippen molar-refractivity contribution in [3.63, 3.8) is 0 Å². The molecule has 3 aromatic rings. The molecule has 0 spiro atoms. The zero-order valence-corrected chi connectivity index (χ0v) is 10.0. The maximum atomic E-state index is 13.0. The van der Waals surface area contributed by atoms with Gasteiger partial charge in [0.25, 0.3) is 0 Å². The van der Waals surface area contributed by atoms with Gasteiger partial charge in [-0.1, -0.05) is 0 Å². The van der Waals surface area contributed by atoms with Gasteiger partial charge in [0.2, 0.25) is 16.1 Å². The molecule has 0 unspecified atom stereocenters. The Labute approximate surface area is 103 Å². The van der Waals surface area contributed by atoms with Crippen LogP contribution in [0, 0.1) is 0 Å². The largest absolute Gasteiger partial charge is 0.454 e. The first kappa shape index (κ1) is 10.9. The van der Waals surface area contributed by atoms with Crippen molar-refractivity contribution in [1.29, 1.82) is 0 Å². The number of hydrogen-bond donors (Lipinski definition) is 0. The molecule has 0 aliphatic carbocycles. The van der Waals surface area contributed by atoms with E-state index in [1.54, 1.807) is 36.4 Å². The van der Waals surface area contributed by atoms with Crippen LogP contribution in [-0.2, 0) is 9.73 Å². The van der Waals surface area contributed by atoms with Gasteiger partial charge >= 0.3 is 0 Å². The van der Waals surface area contributed by atoms with Crippen LogP contribution >= 0.6 is 0 Å². The van der Waals surface area contributed by atoms with Crippen LogP contribution in [0.25, 0.3) is 0 Å². The topological polar surface area (TPSA) is 68.8 Å². The zero-order valence-electron chi connectivity index (χ0n) is 9.18. The minimum atomic E-state index is -2.98. The molecule has 0 radical (unpaired) electrons. The van der Waals surface area contributed by atoms with Crippen molar-refractivity contribution in [2.45, 2.75) is 10.2 Å². The highest BCUT2D eigenvalue weighted by Crippen LogP contribution is 2.28. The molecule has 0 aliphatic rings. The van der Waals surface area contributed by atoms with E-state index in [0.29, 0.717) is 0 Å². The average molecular weight is 263 g/mol. The van der Waals surface area contributed by atoms with E-state index >= 15 is 0 Å². The summed E-state index contributed by atoms with van der Waals surface area (Å²) in [4.78, 5) is 0. The third-order valence-electron chi connectivity index (χ3n) is 2.26. The fraction of sp³-hybridized carbons (Fsp3) is 0. The van der Waals surface area contributed by atoms with Crippen LogP contribution in [-0.4, -0.2) is 4.21 Å². The molecule has 0 saturated heterocycles. The maximum Gasteiger partial charge on any atom is 0.227 e. The van der Waals surface area contributed by atoms with E-state index in [4.69, 9.17) is 13.3 Å². The fourth-order valence-corrected chi connectivity index (χ4v) is 3.11. The molecular formula is C12H9NO4S. The van der Waals surface area contributed by atoms with Crippen molar-refractivity contribution in [3.05, 3.63) is 55.2 Å². The summed E-state index contributed by atoms with van der Waals surface area (Å²) in [6.07, 6.45) is 4.34. The van der Waals surface area contributed by atoms with Crippen molar-refractivity contribution < 1.29 is 17.5 Å². The molecule has 92 valence electrons. The zero-order chi connectivity index (χ0) is 12.4. The number of hydrogen-bond acceptors (Lipinski definition) is 5. The van der Waals surface area contributed by atoms with Gasteiger partial charge in [-0.05, 0) is 30.3 Å². The molecule has 0 aromatic carbocycles. The van der Waals surface area contributed by atoms with Gasteiger partial charge in [0.1, 0.15) is 0 Å². The molecule has 6 heteroatoms. The van der Waals surface area contributed by atoms with Crippen molar-refractivity contribution in [3.8, 4) is 0 Å². The van der Waals surface area contributed by atoms with Gasteiger partial charge in [-0.3, -0.25) is 0 Å². The summed E-state index contributed by atoms with van der Waals surface area (Å²) in [6.45, 7) is 0. The van der Waals surface area contributed by atoms with Crippen LogP contribution < -0.4 is 0 Å². The number of nitrogens with zero attached hydrogens (tertiary/aromatic N) is 1. The lowest BCUT2D eigenvalue weighted by Gasteiger charge is -2.02.